The summed E-state index contributed by atoms with van der Waals surface area (Å²) in [5.74, 6) is 0.177. The summed E-state index contributed by atoms with van der Waals surface area (Å²) in [7, 11) is 0. The molecule has 0 heterocycles. The number of aliphatic hydroxyl groups excluding tert-OH is 2. The number of benzene rings is 1. The van der Waals surface area contributed by atoms with Gasteiger partial charge in [-0.25, -0.2) is 4.39 Å². The lowest BCUT2D eigenvalue weighted by molar-refractivity contribution is 0.0922. The Balaban J connectivity index is 2.92. The van der Waals surface area contributed by atoms with Crippen molar-refractivity contribution in [2.75, 3.05) is 13.2 Å². The number of halogens is 1. The zero-order valence-electron chi connectivity index (χ0n) is 12.6. The molecule has 0 amide bonds. The molecular weight excluding hydrogens is 255 g/mol. The van der Waals surface area contributed by atoms with Crippen LogP contribution >= 0.6 is 0 Å². The first-order valence-corrected chi connectivity index (χ1v) is 7.59. The fourth-order valence-electron chi connectivity index (χ4n) is 2.78. The molecule has 1 aromatic carbocycles. The molecule has 20 heavy (non-hydrogen) atoms. The Hall–Kier alpha value is -0.930. The summed E-state index contributed by atoms with van der Waals surface area (Å²) in [4.78, 5) is 0. The average Bonchev–Trinajstić information content (AvgIpc) is 2.49. The molecular formula is C17H27FO2. The van der Waals surface area contributed by atoms with Crippen molar-refractivity contribution in [3.8, 4) is 0 Å². The molecule has 3 heteroatoms. The Morgan fingerprint density at radius 3 is 2.15 bits per heavy atom. The van der Waals surface area contributed by atoms with Gasteiger partial charge in [-0.2, -0.15) is 0 Å². The molecule has 0 fully saturated rings. The summed E-state index contributed by atoms with van der Waals surface area (Å²) in [6.07, 6.45) is 5.19. The van der Waals surface area contributed by atoms with Crippen LogP contribution in [0.2, 0.25) is 0 Å². The number of hydrogen-bond acceptors (Lipinski definition) is 2. The highest BCUT2D eigenvalue weighted by atomic mass is 19.1. The summed E-state index contributed by atoms with van der Waals surface area (Å²) in [6.45, 7) is 4.08. The maximum Gasteiger partial charge on any atom is 0.123 e. The van der Waals surface area contributed by atoms with E-state index in [0.29, 0.717) is 5.92 Å². The van der Waals surface area contributed by atoms with Crippen LogP contribution in [0.25, 0.3) is 0 Å². The molecule has 0 aliphatic heterocycles. The third-order valence-electron chi connectivity index (χ3n) is 4.28. The van der Waals surface area contributed by atoms with Crippen molar-refractivity contribution in [1.82, 2.24) is 0 Å². The van der Waals surface area contributed by atoms with Crippen LogP contribution in [-0.4, -0.2) is 23.4 Å². The molecule has 1 unspecified atom stereocenters. The van der Waals surface area contributed by atoms with Crippen molar-refractivity contribution in [3.05, 3.63) is 35.6 Å². The number of aliphatic hydroxyl groups is 2. The Morgan fingerprint density at radius 2 is 1.70 bits per heavy atom. The van der Waals surface area contributed by atoms with Crippen molar-refractivity contribution in [2.24, 2.45) is 5.92 Å². The second-order valence-electron chi connectivity index (χ2n) is 5.72. The molecule has 0 saturated heterocycles. The van der Waals surface area contributed by atoms with Gasteiger partial charge in [0.25, 0.3) is 0 Å². The second kappa shape index (κ2) is 8.38. The van der Waals surface area contributed by atoms with Crippen LogP contribution in [0.3, 0.4) is 0 Å². The van der Waals surface area contributed by atoms with Crippen LogP contribution < -0.4 is 0 Å². The molecule has 1 atom stereocenters. The van der Waals surface area contributed by atoms with Gasteiger partial charge in [0.05, 0.1) is 13.2 Å². The highest BCUT2D eigenvalue weighted by Gasteiger charge is 2.33. The van der Waals surface area contributed by atoms with E-state index < -0.39 is 5.41 Å². The third kappa shape index (κ3) is 4.29. The largest absolute Gasteiger partial charge is 0.395 e. The van der Waals surface area contributed by atoms with Crippen LogP contribution in [0.1, 0.15) is 51.5 Å². The summed E-state index contributed by atoms with van der Waals surface area (Å²) >= 11 is 0. The van der Waals surface area contributed by atoms with Gasteiger partial charge in [0.1, 0.15) is 5.82 Å². The van der Waals surface area contributed by atoms with Crippen LogP contribution in [-0.2, 0) is 5.41 Å². The second-order valence-corrected chi connectivity index (χ2v) is 5.72. The minimum absolute atomic E-state index is 0.113. The molecule has 0 radical (unpaired) electrons. The molecule has 114 valence electrons. The van der Waals surface area contributed by atoms with Gasteiger partial charge in [-0.3, -0.25) is 0 Å². The molecule has 2 nitrogen and oxygen atoms in total. The number of unbranched alkanes of at least 4 members (excludes halogenated alkanes) is 1. The standard InChI is InChI=1S/C17H27FO2/c1-3-5-6-14(4-2)11-17(12-19,13-20)15-7-9-16(18)10-8-15/h7-10,14,19-20H,3-6,11-13H2,1-2H3. The maximum atomic E-state index is 13.1. The van der Waals surface area contributed by atoms with E-state index >= 15 is 0 Å². The molecule has 0 spiro atoms. The van der Waals surface area contributed by atoms with Gasteiger partial charge in [-0.15, -0.1) is 0 Å². The van der Waals surface area contributed by atoms with Gasteiger partial charge in [0.15, 0.2) is 0 Å². The van der Waals surface area contributed by atoms with Crippen molar-refractivity contribution in [1.29, 1.82) is 0 Å². The SMILES string of the molecule is CCCCC(CC)CC(CO)(CO)c1ccc(F)cc1. The van der Waals surface area contributed by atoms with Gasteiger partial charge in [0.2, 0.25) is 0 Å². The molecule has 0 saturated carbocycles. The Bertz CT molecular complexity index is 371. The molecule has 0 bridgehead atoms. The summed E-state index contributed by atoms with van der Waals surface area (Å²) in [5, 5.41) is 19.6. The Kier molecular flexibility index (Phi) is 7.17. The Labute approximate surface area is 121 Å². The van der Waals surface area contributed by atoms with E-state index in [2.05, 4.69) is 13.8 Å². The predicted octanol–water partition coefficient (Wildman–Crippen LogP) is 3.65. The van der Waals surface area contributed by atoms with E-state index in [4.69, 9.17) is 0 Å². The fourth-order valence-corrected chi connectivity index (χ4v) is 2.78. The monoisotopic (exact) mass is 282 g/mol. The normalized spacial score (nSPS) is 13.4. The molecule has 0 aliphatic carbocycles. The van der Waals surface area contributed by atoms with E-state index in [1.54, 1.807) is 12.1 Å². The van der Waals surface area contributed by atoms with Crippen molar-refractivity contribution >= 4 is 0 Å². The van der Waals surface area contributed by atoms with E-state index in [0.717, 1.165) is 37.7 Å². The highest BCUT2D eigenvalue weighted by Crippen LogP contribution is 2.34. The minimum atomic E-state index is -0.665. The minimum Gasteiger partial charge on any atom is -0.395 e. The quantitative estimate of drug-likeness (QED) is 0.725. The molecule has 2 N–H and O–H groups in total. The summed E-state index contributed by atoms with van der Waals surface area (Å²) < 4.78 is 13.1. The predicted molar refractivity (Wildman–Crippen MR) is 80.2 cm³/mol. The Morgan fingerprint density at radius 1 is 1.10 bits per heavy atom. The van der Waals surface area contributed by atoms with Gasteiger partial charge in [-0.05, 0) is 30.0 Å². The summed E-state index contributed by atoms with van der Waals surface area (Å²) in [5.41, 5.74) is 0.154. The fraction of sp³-hybridized carbons (Fsp3) is 0.647. The van der Waals surface area contributed by atoms with Crippen molar-refractivity contribution < 1.29 is 14.6 Å². The number of hydrogen-bond donors (Lipinski definition) is 2. The lowest BCUT2D eigenvalue weighted by Crippen LogP contribution is -2.37. The van der Waals surface area contributed by atoms with Gasteiger partial charge in [0, 0.05) is 5.41 Å². The average molecular weight is 282 g/mol. The molecule has 1 aromatic rings. The first-order valence-electron chi connectivity index (χ1n) is 7.59. The lowest BCUT2D eigenvalue weighted by Gasteiger charge is -2.34. The lowest BCUT2D eigenvalue weighted by atomic mass is 9.73. The van der Waals surface area contributed by atoms with Crippen molar-refractivity contribution in [3.63, 3.8) is 0 Å². The number of rotatable bonds is 9. The smallest absolute Gasteiger partial charge is 0.123 e. The van der Waals surface area contributed by atoms with Crippen LogP contribution in [0.15, 0.2) is 24.3 Å². The summed E-state index contributed by atoms with van der Waals surface area (Å²) in [6, 6.07) is 6.13. The van der Waals surface area contributed by atoms with E-state index in [9.17, 15) is 14.6 Å². The maximum absolute atomic E-state index is 13.1. The van der Waals surface area contributed by atoms with E-state index in [1.807, 2.05) is 0 Å². The van der Waals surface area contributed by atoms with Crippen LogP contribution in [0.4, 0.5) is 4.39 Å². The van der Waals surface area contributed by atoms with Crippen molar-refractivity contribution in [2.45, 2.75) is 51.4 Å². The molecule has 0 aliphatic rings. The van der Waals surface area contributed by atoms with Crippen LogP contribution in [0.5, 0.6) is 0 Å². The third-order valence-corrected chi connectivity index (χ3v) is 4.28. The zero-order valence-corrected chi connectivity index (χ0v) is 12.6. The zero-order chi connectivity index (χ0) is 15.0. The van der Waals surface area contributed by atoms with Gasteiger partial charge >= 0.3 is 0 Å². The van der Waals surface area contributed by atoms with Gasteiger partial charge < -0.3 is 10.2 Å². The van der Waals surface area contributed by atoms with Crippen LogP contribution in [0, 0.1) is 11.7 Å². The molecule has 1 rings (SSSR count). The highest BCUT2D eigenvalue weighted by molar-refractivity contribution is 5.26. The first kappa shape index (κ1) is 17.1. The van der Waals surface area contributed by atoms with E-state index in [1.165, 1.54) is 12.1 Å². The topological polar surface area (TPSA) is 40.5 Å². The van der Waals surface area contributed by atoms with E-state index in [-0.39, 0.29) is 19.0 Å². The van der Waals surface area contributed by atoms with Gasteiger partial charge in [-0.1, -0.05) is 51.7 Å². The first-order chi connectivity index (χ1) is 9.61. The molecule has 0 aromatic heterocycles.